The predicted octanol–water partition coefficient (Wildman–Crippen LogP) is 4.59. The van der Waals surface area contributed by atoms with Crippen LogP contribution in [-0.4, -0.2) is 62.3 Å². The summed E-state index contributed by atoms with van der Waals surface area (Å²) < 4.78 is 12.8. The minimum absolute atomic E-state index is 0.00747. The van der Waals surface area contributed by atoms with Crippen molar-refractivity contribution in [2.45, 2.75) is 58.8 Å². The summed E-state index contributed by atoms with van der Waals surface area (Å²) in [5.41, 5.74) is 1.08. The van der Waals surface area contributed by atoms with E-state index in [0.29, 0.717) is 28.0 Å². The Kier molecular flexibility index (Phi) is 6.64. The Hall–Kier alpha value is -2.96. The van der Waals surface area contributed by atoms with Crippen LogP contribution < -0.4 is 10.2 Å². The molecule has 0 atom stereocenters. The van der Waals surface area contributed by atoms with Gasteiger partial charge in [-0.15, -0.1) is 0 Å². The Morgan fingerprint density at radius 1 is 1.06 bits per heavy atom. The van der Waals surface area contributed by atoms with Crippen LogP contribution in [0.25, 0.3) is 22.2 Å². The third-order valence-corrected chi connectivity index (χ3v) is 5.84. The highest BCUT2D eigenvalue weighted by Gasteiger charge is 2.31. The van der Waals surface area contributed by atoms with Crippen LogP contribution in [0.1, 0.15) is 41.5 Å². The minimum atomic E-state index is -0.616. The van der Waals surface area contributed by atoms with E-state index < -0.39 is 23.4 Å². The van der Waals surface area contributed by atoms with E-state index in [2.05, 4.69) is 38.0 Å². The molecule has 0 saturated carbocycles. The number of nitrogens with zero attached hydrogens (tertiary/aromatic N) is 5. The molecule has 1 N–H and O–H groups in total. The Labute approximate surface area is 217 Å². The van der Waals surface area contributed by atoms with Crippen molar-refractivity contribution in [2.24, 2.45) is 0 Å². The lowest BCUT2D eigenvalue weighted by Gasteiger charge is -2.40. The smallest absolute Gasteiger partial charge is 0.435 e. The SMILES string of the molecule is CC(C)(C)OC(=O)NC1CN(c2cncc(-c3ccc4c(c3)c(I)nn4C(=O)OC(C)(C)C)n2)C1. The molecule has 0 spiro atoms. The highest BCUT2D eigenvalue weighted by molar-refractivity contribution is 14.1. The molecule has 3 aromatic rings. The molecule has 1 fully saturated rings. The standard InChI is InChI=1S/C24H29IN6O4/c1-23(2,3)34-21(32)27-15-12-30(13-15)19-11-26-10-17(28-19)14-7-8-18-16(9-14)20(25)29-31(18)22(33)35-24(4,5)6/h7-11,15H,12-13H2,1-6H3,(H,27,32). The van der Waals surface area contributed by atoms with E-state index >= 15 is 0 Å². The van der Waals surface area contributed by atoms with Gasteiger partial charge < -0.3 is 19.7 Å². The molecule has 4 rings (SSSR count). The fourth-order valence-electron chi connectivity index (χ4n) is 3.56. The number of benzene rings is 1. The van der Waals surface area contributed by atoms with E-state index in [-0.39, 0.29) is 6.04 Å². The Bertz CT molecular complexity index is 1270. The number of alkyl carbamates (subject to hydrolysis) is 1. The molecule has 3 heterocycles. The molecule has 0 aliphatic carbocycles. The molecule has 1 amide bonds. The van der Waals surface area contributed by atoms with Crippen molar-refractivity contribution in [1.29, 1.82) is 0 Å². The average molecular weight is 592 g/mol. The van der Waals surface area contributed by atoms with Gasteiger partial charge in [-0.3, -0.25) is 4.98 Å². The molecule has 35 heavy (non-hydrogen) atoms. The van der Waals surface area contributed by atoms with Crippen LogP contribution in [-0.2, 0) is 9.47 Å². The number of halogens is 1. The number of aromatic nitrogens is 4. The summed E-state index contributed by atoms with van der Waals surface area (Å²) in [7, 11) is 0. The zero-order valence-corrected chi connectivity index (χ0v) is 22.8. The van der Waals surface area contributed by atoms with Gasteiger partial charge in [-0.05, 0) is 76.3 Å². The first-order chi connectivity index (χ1) is 16.3. The molecule has 2 aromatic heterocycles. The topological polar surface area (TPSA) is 111 Å². The number of fused-ring (bicyclic) bond motifs is 1. The average Bonchev–Trinajstić information content (AvgIpc) is 3.04. The fourth-order valence-corrected chi connectivity index (χ4v) is 4.21. The second kappa shape index (κ2) is 9.25. The van der Waals surface area contributed by atoms with Crippen LogP contribution in [0.2, 0.25) is 0 Å². The Morgan fingerprint density at radius 3 is 2.40 bits per heavy atom. The Morgan fingerprint density at radius 2 is 1.74 bits per heavy atom. The molecule has 1 aliphatic rings. The summed E-state index contributed by atoms with van der Waals surface area (Å²) in [6.07, 6.45) is 2.46. The minimum Gasteiger partial charge on any atom is -0.444 e. The van der Waals surface area contributed by atoms with Crippen molar-refractivity contribution in [3.8, 4) is 11.3 Å². The highest BCUT2D eigenvalue weighted by Crippen LogP contribution is 2.28. The van der Waals surface area contributed by atoms with Crippen molar-refractivity contribution in [1.82, 2.24) is 25.1 Å². The zero-order valence-electron chi connectivity index (χ0n) is 20.6. The molecular formula is C24H29IN6O4. The number of amides is 1. The normalized spacial score (nSPS) is 14.5. The van der Waals surface area contributed by atoms with Gasteiger partial charge in [0.25, 0.3) is 0 Å². The number of rotatable bonds is 3. The summed E-state index contributed by atoms with van der Waals surface area (Å²) in [5.74, 6) is 0.726. The first kappa shape index (κ1) is 25.1. The lowest BCUT2D eigenvalue weighted by Crippen LogP contribution is -2.60. The lowest BCUT2D eigenvalue weighted by atomic mass is 10.1. The molecule has 10 nitrogen and oxygen atoms in total. The van der Waals surface area contributed by atoms with Gasteiger partial charge in [0.1, 0.15) is 20.7 Å². The maximum atomic E-state index is 12.6. The summed E-state index contributed by atoms with van der Waals surface area (Å²) in [6, 6.07) is 5.66. The van der Waals surface area contributed by atoms with Crippen molar-refractivity contribution in [3.05, 3.63) is 34.3 Å². The maximum absolute atomic E-state index is 12.6. The van der Waals surface area contributed by atoms with Gasteiger partial charge in [0, 0.05) is 24.0 Å². The molecule has 1 saturated heterocycles. The van der Waals surface area contributed by atoms with Crippen LogP contribution >= 0.6 is 22.6 Å². The Balaban J connectivity index is 1.48. The maximum Gasteiger partial charge on any atom is 0.435 e. The van der Waals surface area contributed by atoms with Gasteiger partial charge in [-0.2, -0.15) is 9.78 Å². The largest absolute Gasteiger partial charge is 0.444 e. The van der Waals surface area contributed by atoms with E-state index in [1.807, 2.05) is 64.6 Å². The van der Waals surface area contributed by atoms with Gasteiger partial charge >= 0.3 is 12.2 Å². The van der Waals surface area contributed by atoms with Crippen molar-refractivity contribution >= 4 is 51.5 Å². The van der Waals surface area contributed by atoms with Crippen LogP contribution in [0.3, 0.4) is 0 Å². The molecule has 11 heteroatoms. The summed E-state index contributed by atoms with van der Waals surface area (Å²) in [5, 5.41) is 8.07. The van der Waals surface area contributed by atoms with Gasteiger partial charge in [-0.1, -0.05) is 6.07 Å². The van der Waals surface area contributed by atoms with Gasteiger partial charge in [0.05, 0.1) is 29.6 Å². The quantitative estimate of drug-likeness (QED) is 0.440. The molecule has 186 valence electrons. The third-order valence-electron chi connectivity index (χ3n) is 5.05. The van der Waals surface area contributed by atoms with Gasteiger partial charge in [0.2, 0.25) is 0 Å². The molecular weight excluding hydrogens is 563 g/mol. The van der Waals surface area contributed by atoms with Crippen LogP contribution in [0.4, 0.5) is 15.4 Å². The third kappa shape index (κ3) is 6.00. The monoisotopic (exact) mass is 592 g/mol. The second-order valence-electron chi connectivity index (χ2n) is 10.4. The summed E-state index contributed by atoms with van der Waals surface area (Å²) >= 11 is 2.11. The van der Waals surface area contributed by atoms with Gasteiger partial charge in [-0.25, -0.2) is 14.6 Å². The molecule has 1 aliphatic heterocycles. The zero-order chi connectivity index (χ0) is 25.5. The highest BCUT2D eigenvalue weighted by atomic mass is 127. The van der Waals surface area contributed by atoms with E-state index in [9.17, 15) is 9.59 Å². The first-order valence-corrected chi connectivity index (χ1v) is 12.4. The van der Waals surface area contributed by atoms with E-state index in [1.165, 1.54) is 4.68 Å². The van der Waals surface area contributed by atoms with Crippen LogP contribution in [0.5, 0.6) is 0 Å². The first-order valence-electron chi connectivity index (χ1n) is 11.3. The number of hydrogen-bond donors (Lipinski definition) is 1. The summed E-state index contributed by atoms with van der Waals surface area (Å²) in [6.45, 7) is 12.2. The summed E-state index contributed by atoms with van der Waals surface area (Å²) in [4.78, 5) is 35.7. The van der Waals surface area contributed by atoms with Crippen LogP contribution in [0.15, 0.2) is 30.6 Å². The fraction of sp³-hybridized carbons (Fsp3) is 0.458. The molecule has 1 aromatic carbocycles. The number of carbonyl (C=O) groups is 2. The van der Waals surface area contributed by atoms with Crippen molar-refractivity contribution < 1.29 is 19.1 Å². The second-order valence-corrected chi connectivity index (χ2v) is 11.4. The number of hydrogen-bond acceptors (Lipinski definition) is 8. The molecule has 0 bridgehead atoms. The van der Waals surface area contributed by atoms with E-state index in [4.69, 9.17) is 14.5 Å². The number of nitrogens with one attached hydrogen (secondary N) is 1. The van der Waals surface area contributed by atoms with Crippen molar-refractivity contribution in [3.63, 3.8) is 0 Å². The number of carbonyl (C=O) groups excluding carboxylic acids is 2. The van der Waals surface area contributed by atoms with Gasteiger partial charge in [0.15, 0.2) is 0 Å². The molecule has 0 unspecified atom stereocenters. The molecule has 0 radical (unpaired) electrons. The van der Waals surface area contributed by atoms with Crippen LogP contribution in [0, 0.1) is 3.70 Å². The number of anilines is 1. The number of ether oxygens (including phenoxy) is 2. The predicted molar refractivity (Wildman–Crippen MR) is 140 cm³/mol. The van der Waals surface area contributed by atoms with Crippen molar-refractivity contribution in [2.75, 3.05) is 18.0 Å². The van der Waals surface area contributed by atoms with E-state index in [1.54, 1.807) is 12.4 Å². The lowest BCUT2D eigenvalue weighted by molar-refractivity contribution is 0.0491. The van der Waals surface area contributed by atoms with E-state index in [0.717, 1.165) is 16.8 Å².